The molecule has 0 aliphatic carbocycles. The van der Waals surface area contributed by atoms with Crippen LogP contribution in [0.25, 0.3) is 0 Å². The van der Waals surface area contributed by atoms with E-state index in [1.165, 1.54) is 12.1 Å². The van der Waals surface area contributed by atoms with Crippen LogP contribution in [-0.4, -0.2) is 23.0 Å². The van der Waals surface area contributed by atoms with E-state index in [1.807, 2.05) is 25.1 Å². The standard InChI is InChI=1S/C16H17NO5/c1-2-6-12(16(19)20)17-15(18)13-9-10-14(22-13)21-11-7-4-3-5-8-11/h3-5,7-10,12H,2,6H2,1H3,(H,17,18)(H,19,20). The summed E-state index contributed by atoms with van der Waals surface area (Å²) in [5, 5.41) is 11.5. The minimum absolute atomic E-state index is 0.00767. The zero-order valence-electron chi connectivity index (χ0n) is 12.1. The quantitative estimate of drug-likeness (QED) is 0.820. The smallest absolute Gasteiger partial charge is 0.326 e. The van der Waals surface area contributed by atoms with Crippen LogP contribution in [0.4, 0.5) is 0 Å². The monoisotopic (exact) mass is 303 g/mol. The van der Waals surface area contributed by atoms with Crippen molar-refractivity contribution in [2.75, 3.05) is 0 Å². The van der Waals surface area contributed by atoms with E-state index in [1.54, 1.807) is 12.1 Å². The van der Waals surface area contributed by atoms with Crippen molar-refractivity contribution < 1.29 is 23.8 Å². The highest BCUT2D eigenvalue weighted by molar-refractivity contribution is 5.94. The van der Waals surface area contributed by atoms with Crippen molar-refractivity contribution in [2.45, 2.75) is 25.8 Å². The van der Waals surface area contributed by atoms with Crippen LogP contribution in [0.1, 0.15) is 30.3 Å². The fourth-order valence-corrected chi connectivity index (χ4v) is 1.88. The van der Waals surface area contributed by atoms with E-state index < -0.39 is 17.9 Å². The Morgan fingerprint density at radius 1 is 1.23 bits per heavy atom. The predicted octanol–water partition coefficient (Wildman–Crippen LogP) is 3.06. The van der Waals surface area contributed by atoms with Gasteiger partial charge in [0, 0.05) is 6.07 Å². The second-order valence-electron chi connectivity index (χ2n) is 4.69. The van der Waals surface area contributed by atoms with Crippen molar-refractivity contribution in [1.82, 2.24) is 5.32 Å². The van der Waals surface area contributed by atoms with E-state index in [9.17, 15) is 9.59 Å². The Kier molecular flexibility index (Phi) is 5.19. The molecule has 0 radical (unpaired) electrons. The minimum atomic E-state index is -1.07. The molecule has 116 valence electrons. The number of para-hydroxylation sites is 1. The van der Waals surface area contributed by atoms with Crippen molar-refractivity contribution in [3.63, 3.8) is 0 Å². The van der Waals surface area contributed by atoms with Gasteiger partial charge in [0.05, 0.1) is 0 Å². The molecule has 2 N–H and O–H groups in total. The highest BCUT2D eigenvalue weighted by Gasteiger charge is 2.21. The second kappa shape index (κ2) is 7.31. The number of benzene rings is 1. The number of hydrogen-bond donors (Lipinski definition) is 2. The van der Waals surface area contributed by atoms with Crippen molar-refractivity contribution in [2.24, 2.45) is 0 Å². The molecule has 0 saturated heterocycles. The van der Waals surface area contributed by atoms with Crippen LogP contribution in [0.2, 0.25) is 0 Å². The predicted molar refractivity (Wildman–Crippen MR) is 79.0 cm³/mol. The van der Waals surface area contributed by atoms with Gasteiger partial charge in [-0.1, -0.05) is 31.5 Å². The first kappa shape index (κ1) is 15.6. The Morgan fingerprint density at radius 3 is 2.59 bits per heavy atom. The average Bonchev–Trinajstić information content (AvgIpc) is 2.96. The summed E-state index contributed by atoms with van der Waals surface area (Å²) < 4.78 is 10.7. The first-order chi connectivity index (χ1) is 10.6. The van der Waals surface area contributed by atoms with Gasteiger partial charge in [-0.2, -0.15) is 0 Å². The minimum Gasteiger partial charge on any atom is -0.480 e. The van der Waals surface area contributed by atoms with Gasteiger partial charge in [0.1, 0.15) is 11.8 Å². The van der Waals surface area contributed by atoms with E-state index in [0.29, 0.717) is 18.6 Å². The highest BCUT2D eigenvalue weighted by atomic mass is 16.6. The molecular formula is C16H17NO5. The molecule has 1 aromatic heterocycles. The summed E-state index contributed by atoms with van der Waals surface area (Å²) in [6.45, 7) is 1.85. The summed E-state index contributed by atoms with van der Waals surface area (Å²) in [6.07, 6.45) is 1.01. The Hall–Kier alpha value is -2.76. The third-order valence-corrected chi connectivity index (χ3v) is 2.95. The lowest BCUT2D eigenvalue weighted by Gasteiger charge is -2.12. The lowest BCUT2D eigenvalue weighted by molar-refractivity contribution is -0.139. The van der Waals surface area contributed by atoms with E-state index in [4.69, 9.17) is 14.3 Å². The lowest BCUT2D eigenvalue weighted by atomic mass is 10.1. The van der Waals surface area contributed by atoms with Crippen LogP contribution < -0.4 is 10.1 Å². The average molecular weight is 303 g/mol. The van der Waals surface area contributed by atoms with Gasteiger partial charge in [-0.25, -0.2) is 4.79 Å². The number of hydrogen-bond acceptors (Lipinski definition) is 4. The molecule has 1 aromatic carbocycles. The highest BCUT2D eigenvalue weighted by Crippen LogP contribution is 2.23. The Balaban J connectivity index is 2.01. The van der Waals surface area contributed by atoms with Crippen molar-refractivity contribution in [3.05, 3.63) is 48.2 Å². The zero-order chi connectivity index (χ0) is 15.9. The molecule has 0 saturated carbocycles. The maximum atomic E-state index is 12.0. The van der Waals surface area contributed by atoms with Gasteiger partial charge in [-0.3, -0.25) is 4.79 Å². The van der Waals surface area contributed by atoms with E-state index in [-0.39, 0.29) is 11.7 Å². The molecule has 1 heterocycles. The molecule has 2 rings (SSSR count). The van der Waals surface area contributed by atoms with Crippen molar-refractivity contribution >= 4 is 11.9 Å². The lowest BCUT2D eigenvalue weighted by Crippen LogP contribution is -2.40. The molecule has 1 atom stereocenters. The fraction of sp³-hybridized carbons (Fsp3) is 0.250. The number of ether oxygens (including phenoxy) is 1. The van der Waals surface area contributed by atoms with Gasteiger partial charge in [-0.05, 0) is 24.6 Å². The summed E-state index contributed by atoms with van der Waals surface area (Å²) in [5.41, 5.74) is 0. The molecule has 0 bridgehead atoms. The number of nitrogens with one attached hydrogen (secondary N) is 1. The Morgan fingerprint density at radius 2 is 1.95 bits per heavy atom. The second-order valence-corrected chi connectivity index (χ2v) is 4.69. The Bertz CT molecular complexity index is 635. The van der Waals surface area contributed by atoms with Gasteiger partial charge in [0.25, 0.3) is 11.9 Å². The van der Waals surface area contributed by atoms with Crippen LogP contribution in [-0.2, 0) is 4.79 Å². The summed E-state index contributed by atoms with van der Waals surface area (Å²) >= 11 is 0. The van der Waals surface area contributed by atoms with Crippen molar-refractivity contribution in [3.8, 4) is 11.7 Å². The first-order valence-electron chi connectivity index (χ1n) is 6.96. The number of furan rings is 1. The SMILES string of the molecule is CCCC(NC(=O)c1ccc(Oc2ccccc2)o1)C(=O)O. The van der Waals surface area contributed by atoms with Crippen molar-refractivity contribution in [1.29, 1.82) is 0 Å². The summed E-state index contributed by atoms with van der Waals surface area (Å²) in [6, 6.07) is 11.0. The van der Waals surface area contributed by atoms with Gasteiger partial charge >= 0.3 is 5.97 Å². The zero-order valence-corrected chi connectivity index (χ0v) is 12.1. The maximum absolute atomic E-state index is 12.0. The van der Waals surface area contributed by atoms with Crippen LogP contribution in [0.3, 0.4) is 0 Å². The summed E-state index contributed by atoms with van der Waals surface area (Å²) in [4.78, 5) is 23.0. The number of carboxylic acids is 1. The molecule has 22 heavy (non-hydrogen) atoms. The fourth-order valence-electron chi connectivity index (χ4n) is 1.88. The first-order valence-corrected chi connectivity index (χ1v) is 6.96. The molecule has 0 spiro atoms. The van der Waals surface area contributed by atoms with E-state index >= 15 is 0 Å². The number of carbonyl (C=O) groups is 2. The topological polar surface area (TPSA) is 88.8 Å². The number of aliphatic carboxylic acids is 1. The molecule has 1 unspecified atom stereocenters. The normalized spacial score (nSPS) is 11.7. The number of amides is 1. The number of rotatable bonds is 7. The molecular weight excluding hydrogens is 286 g/mol. The molecule has 2 aromatic rings. The molecule has 0 fully saturated rings. The van der Waals surface area contributed by atoms with E-state index in [0.717, 1.165) is 0 Å². The van der Waals surface area contributed by atoms with Gasteiger partial charge in [-0.15, -0.1) is 0 Å². The van der Waals surface area contributed by atoms with Gasteiger partial charge in [0.15, 0.2) is 5.76 Å². The molecule has 0 aliphatic heterocycles. The summed E-state index contributed by atoms with van der Waals surface area (Å²) in [5.74, 6) is -0.892. The Labute approximate surface area is 127 Å². The molecule has 0 aliphatic rings. The summed E-state index contributed by atoms with van der Waals surface area (Å²) in [7, 11) is 0. The molecule has 6 heteroatoms. The number of carbonyl (C=O) groups excluding carboxylic acids is 1. The van der Waals surface area contributed by atoms with E-state index in [2.05, 4.69) is 5.32 Å². The number of carboxylic acid groups (broad SMARTS) is 1. The van der Waals surface area contributed by atoms with Crippen LogP contribution in [0.15, 0.2) is 46.9 Å². The molecule has 1 amide bonds. The van der Waals surface area contributed by atoms with Crippen LogP contribution in [0, 0.1) is 0 Å². The van der Waals surface area contributed by atoms with Crippen LogP contribution >= 0.6 is 0 Å². The van der Waals surface area contributed by atoms with Crippen LogP contribution in [0.5, 0.6) is 11.7 Å². The maximum Gasteiger partial charge on any atom is 0.326 e. The largest absolute Gasteiger partial charge is 0.480 e. The third kappa shape index (κ3) is 4.12. The van der Waals surface area contributed by atoms with Gasteiger partial charge in [0.2, 0.25) is 0 Å². The third-order valence-electron chi connectivity index (χ3n) is 2.95. The molecule has 6 nitrogen and oxygen atoms in total. The van der Waals surface area contributed by atoms with Gasteiger partial charge < -0.3 is 19.6 Å².